The molecule has 0 atom stereocenters. The molecule has 3 N–H and O–H groups in total. The Hall–Kier alpha value is -1.38. The summed E-state index contributed by atoms with van der Waals surface area (Å²) in [5, 5.41) is 1.86. The Bertz CT molecular complexity index is 686. The highest BCUT2D eigenvalue weighted by atomic mass is 32.2. The molecule has 1 aliphatic carbocycles. The van der Waals surface area contributed by atoms with Crippen molar-refractivity contribution >= 4 is 26.5 Å². The lowest BCUT2D eigenvalue weighted by Crippen LogP contribution is -2.17. The molecule has 0 aliphatic heterocycles. The Morgan fingerprint density at radius 1 is 1.47 bits per heavy atom. The fourth-order valence-corrected chi connectivity index (χ4v) is 3.94. The van der Waals surface area contributed by atoms with Crippen molar-refractivity contribution in [1.29, 1.82) is 0 Å². The first-order valence-electron chi connectivity index (χ1n) is 5.85. The first kappa shape index (κ1) is 12.6. The van der Waals surface area contributed by atoms with Crippen LogP contribution in [0.25, 0.3) is 11.5 Å². The molecule has 1 saturated carbocycles. The molecule has 2 heterocycles. The third-order valence-electron chi connectivity index (χ3n) is 2.81. The summed E-state index contributed by atoms with van der Waals surface area (Å²) in [4.78, 5) is 4.22. The van der Waals surface area contributed by atoms with Gasteiger partial charge in [-0.3, -0.25) is 4.72 Å². The van der Waals surface area contributed by atoms with E-state index in [2.05, 4.69) is 9.71 Å². The summed E-state index contributed by atoms with van der Waals surface area (Å²) in [6, 6.07) is 3.55. The molecule has 1 fully saturated rings. The van der Waals surface area contributed by atoms with Crippen LogP contribution in [0.15, 0.2) is 21.9 Å². The minimum Gasteiger partial charge on any atom is -0.458 e. The molecule has 1 aliphatic rings. The lowest BCUT2D eigenvalue weighted by Gasteiger charge is -2.01. The van der Waals surface area contributed by atoms with Crippen LogP contribution in [0, 0.1) is 0 Å². The predicted molar refractivity (Wildman–Crippen MR) is 73.3 cm³/mol. The zero-order valence-corrected chi connectivity index (χ0v) is 11.6. The van der Waals surface area contributed by atoms with Crippen molar-refractivity contribution in [2.75, 3.05) is 4.72 Å². The van der Waals surface area contributed by atoms with Gasteiger partial charge in [-0.2, -0.15) is 0 Å². The third-order valence-corrected chi connectivity index (χ3v) is 5.53. The van der Waals surface area contributed by atoms with E-state index < -0.39 is 10.0 Å². The number of thiazole rings is 1. The molecular weight excluding hydrogens is 286 g/mol. The molecular formula is C11H13N3O3S2. The molecule has 0 amide bonds. The van der Waals surface area contributed by atoms with Crippen LogP contribution in [0.1, 0.15) is 18.6 Å². The van der Waals surface area contributed by atoms with E-state index >= 15 is 0 Å². The molecule has 2 aromatic heterocycles. The van der Waals surface area contributed by atoms with Crippen molar-refractivity contribution in [3.63, 3.8) is 0 Å². The van der Waals surface area contributed by atoms with Crippen LogP contribution >= 0.6 is 11.3 Å². The molecule has 0 saturated heterocycles. The van der Waals surface area contributed by atoms with Gasteiger partial charge in [-0.25, -0.2) is 13.4 Å². The number of nitrogens with one attached hydrogen (secondary N) is 1. The third kappa shape index (κ3) is 2.65. The van der Waals surface area contributed by atoms with Crippen LogP contribution in [-0.2, 0) is 16.6 Å². The second kappa shape index (κ2) is 4.62. The van der Waals surface area contributed by atoms with Gasteiger partial charge < -0.3 is 10.2 Å². The summed E-state index contributed by atoms with van der Waals surface area (Å²) in [7, 11) is -3.26. The van der Waals surface area contributed by atoms with Crippen molar-refractivity contribution in [3.8, 4) is 11.5 Å². The molecule has 19 heavy (non-hydrogen) atoms. The summed E-state index contributed by atoms with van der Waals surface area (Å²) in [5.41, 5.74) is 6.08. The summed E-state index contributed by atoms with van der Waals surface area (Å²) >= 11 is 1.24. The van der Waals surface area contributed by atoms with E-state index in [1.807, 2.05) is 0 Å². The van der Waals surface area contributed by atoms with Crippen LogP contribution in [0.4, 0.5) is 5.13 Å². The Morgan fingerprint density at radius 3 is 2.89 bits per heavy atom. The van der Waals surface area contributed by atoms with Crippen LogP contribution in [0.5, 0.6) is 0 Å². The highest BCUT2D eigenvalue weighted by molar-refractivity contribution is 7.93. The maximum atomic E-state index is 11.8. The largest absolute Gasteiger partial charge is 0.458 e. The molecule has 6 nitrogen and oxygen atoms in total. The number of sulfonamides is 1. The maximum Gasteiger partial charge on any atom is 0.237 e. The Labute approximate surface area is 114 Å². The average Bonchev–Trinajstić information content (AvgIpc) is 2.98. The van der Waals surface area contributed by atoms with Gasteiger partial charge in [0, 0.05) is 5.38 Å². The summed E-state index contributed by atoms with van der Waals surface area (Å²) in [6.45, 7) is 0.325. The quantitative estimate of drug-likeness (QED) is 0.876. The van der Waals surface area contributed by atoms with Gasteiger partial charge in [-0.15, -0.1) is 11.3 Å². The second-order valence-corrected chi connectivity index (χ2v) is 7.17. The Balaban J connectivity index is 1.79. The Kier molecular flexibility index (Phi) is 3.08. The van der Waals surface area contributed by atoms with E-state index in [1.165, 1.54) is 11.3 Å². The first-order chi connectivity index (χ1) is 9.08. The lowest BCUT2D eigenvalue weighted by molar-refractivity contribution is 0.524. The number of rotatable bonds is 5. The molecule has 0 unspecified atom stereocenters. The molecule has 0 spiro atoms. The number of nitrogens with two attached hydrogens (primary N) is 1. The normalized spacial score (nSPS) is 15.6. The van der Waals surface area contributed by atoms with Crippen LogP contribution in [0.2, 0.25) is 0 Å². The van der Waals surface area contributed by atoms with E-state index in [9.17, 15) is 8.42 Å². The van der Waals surface area contributed by atoms with Gasteiger partial charge in [0.15, 0.2) is 10.9 Å². The fraction of sp³-hybridized carbons (Fsp3) is 0.364. The molecule has 0 bridgehead atoms. The van der Waals surface area contributed by atoms with Gasteiger partial charge in [-0.05, 0) is 25.0 Å². The molecule has 102 valence electrons. The molecule has 0 aromatic carbocycles. The highest BCUT2D eigenvalue weighted by Crippen LogP contribution is 2.32. The zero-order valence-electron chi connectivity index (χ0n) is 10.00. The molecule has 2 aromatic rings. The standard InChI is InChI=1S/C11H13N3O3S2/c12-5-7-1-4-10(17-7)9-6-18-11(13-9)14-19(15,16)8-2-3-8/h1,4,6,8H,2-3,5,12H2,(H,13,14). The van der Waals surface area contributed by atoms with Gasteiger partial charge in [0.25, 0.3) is 0 Å². The van der Waals surface area contributed by atoms with Crippen molar-refractivity contribution in [2.24, 2.45) is 5.73 Å². The number of nitrogens with zero attached hydrogens (tertiary/aromatic N) is 1. The highest BCUT2D eigenvalue weighted by Gasteiger charge is 2.36. The van der Waals surface area contributed by atoms with Crippen LogP contribution in [-0.4, -0.2) is 18.7 Å². The van der Waals surface area contributed by atoms with Crippen molar-refractivity contribution in [3.05, 3.63) is 23.3 Å². The van der Waals surface area contributed by atoms with Crippen molar-refractivity contribution in [1.82, 2.24) is 4.98 Å². The van der Waals surface area contributed by atoms with E-state index in [0.717, 1.165) is 12.8 Å². The SMILES string of the molecule is NCc1ccc(-c2csc(NS(=O)(=O)C3CC3)n2)o1. The number of furan rings is 1. The minimum atomic E-state index is -3.26. The average molecular weight is 299 g/mol. The van der Waals surface area contributed by atoms with Gasteiger partial charge in [0.2, 0.25) is 10.0 Å². The first-order valence-corrected chi connectivity index (χ1v) is 8.27. The van der Waals surface area contributed by atoms with Gasteiger partial charge in [0.05, 0.1) is 11.8 Å². The van der Waals surface area contributed by atoms with E-state index in [1.54, 1.807) is 17.5 Å². The fourth-order valence-electron chi connectivity index (χ4n) is 1.64. The topological polar surface area (TPSA) is 98.2 Å². The summed E-state index contributed by atoms with van der Waals surface area (Å²) in [6.07, 6.45) is 1.46. The lowest BCUT2D eigenvalue weighted by atomic mass is 10.3. The second-order valence-electron chi connectivity index (χ2n) is 4.35. The number of anilines is 1. The zero-order chi connectivity index (χ0) is 13.5. The van der Waals surface area contributed by atoms with E-state index in [-0.39, 0.29) is 5.25 Å². The minimum absolute atomic E-state index is 0.257. The maximum absolute atomic E-state index is 11.8. The number of hydrogen-bond acceptors (Lipinski definition) is 6. The van der Waals surface area contributed by atoms with Crippen LogP contribution in [0.3, 0.4) is 0 Å². The van der Waals surface area contributed by atoms with Crippen LogP contribution < -0.4 is 10.5 Å². The number of aromatic nitrogens is 1. The van der Waals surface area contributed by atoms with Crippen molar-refractivity contribution < 1.29 is 12.8 Å². The molecule has 3 rings (SSSR count). The predicted octanol–water partition coefficient (Wildman–Crippen LogP) is 1.77. The molecule has 8 heteroatoms. The van der Waals surface area contributed by atoms with E-state index in [0.29, 0.717) is 28.9 Å². The van der Waals surface area contributed by atoms with Gasteiger partial charge in [0.1, 0.15) is 11.5 Å². The van der Waals surface area contributed by atoms with E-state index in [4.69, 9.17) is 10.2 Å². The smallest absolute Gasteiger partial charge is 0.237 e. The van der Waals surface area contributed by atoms with Gasteiger partial charge in [-0.1, -0.05) is 0 Å². The summed E-state index contributed by atoms with van der Waals surface area (Å²) in [5.74, 6) is 1.26. The molecule has 0 radical (unpaired) electrons. The monoisotopic (exact) mass is 299 g/mol. The Morgan fingerprint density at radius 2 is 2.26 bits per heavy atom. The van der Waals surface area contributed by atoms with Gasteiger partial charge >= 0.3 is 0 Å². The summed E-state index contributed by atoms with van der Waals surface area (Å²) < 4.78 is 31.5. The van der Waals surface area contributed by atoms with Crippen molar-refractivity contribution in [2.45, 2.75) is 24.6 Å². The number of hydrogen-bond donors (Lipinski definition) is 2.